The molecule has 0 amide bonds. The van der Waals surface area contributed by atoms with E-state index in [9.17, 15) is 0 Å². The molecule has 0 spiro atoms. The summed E-state index contributed by atoms with van der Waals surface area (Å²) in [6.45, 7) is 0.971. The number of aryl methyl sites for hydroxylation is 1. The molecule has 0 bridgehead atoms. The monoisotopic (exact) mass is 446 g/mol. The summed E-state index contributed by atoms with van der Waals surface area (Å²) in [6, 6.07) is 4.11. The second kappa shape index (κ2) is 6.03. The van der Waals surface area contributed by atoms with Crippen molar-refractivity contribution in [3.05, 3.63) is 41.1 Å². The molecule has 2 atom stereocenters. The van der Waals surface area contributed by atoms with Gasteiger partial charge in [-0.25, -0.2) is 10.4 Å². The number of hydrogen-bond donors (Lipinski definition) is 1. The summed E-state index contributed by atoms with van der Waals surface area (Å²) in [4.78, 5) is 15.8. The normalized spacial score (nSPS) is 20.5. The summed E-state index contributed by atoms with van der Waals surface area (Å²) in [5.74, 6) is 0.821. The second-order valence-electron chi connectivity index (χ2n) is 5.12. The summed E-state index contributed by atoms with van der Waals surface area (Å²) in [6.07, 6.45) is 6.08. The molecule has 2 aromatic heterocycles. The zero-order chi connectivity index (χ0) is 15.1. The molecule has 114 valence electrons. The van der Waals surface area contributed by atoms with Crippen molar-refractivity contribution in [1.82, 2.24) is 20.4 Å². The molecular weight excluding hydrogens is 434 g/mol. The molecule has 4 heterocycles. The zero-order valence-electron chi connectivity index (χ0n) is 11.5. The summed E-state index contributed by atoms with van der Waals surface area (Å²) in [5.41, 5.74) is 6.74. The fourth-order valence-electron chi connectivity index (χ4n) is 2.94. The van der Waals surface area contributed by atoms with Gasteiger partial charge in [-0.15, -0.1) is 0 Å². The molecule has 0 aromatic carbocycles. The molecule has 0 fully saturated rings. The van der Waals surface area contributed by atoms with Crippen LogP contribution in [0, 0.1) is 0 Å². The summed E-state index contributed by atoms with van der Waals surface area (Å²) in [7, 11) is 0. The SMILES string of the molecule is Clc1cnc2c(n1)N(PI)NC2N1CCCc2ncccc21. The first kappa shape index (κ1) is 14.8. The summed E-state index contributed by atoms with van der Waals surface area (Å²) in [5, 5.41) is 0.418. The third-order valence-electron chi connectivity index (χ3n) is 3.86. The molecule has 9 heteroatoms. The van der Waals surface area contributed by atoms with Crippen molar-refractivity contribution in [3.8, 4) is 0 Å². The van der Waals surface area contributed by atoms with Gasteiger partial charge >= 0.3 is 0 Å². The lowest BCUT2D eigenvalue weighted by atomic mass is 10.1. The Balaban J connectivity index is 1.77. The fraction of sp³-hybridized carbons (Fsp3) is 0.308. The van der Waals surface area contributed by atoms with Crippen LogP contribution in [-0.4, -0.2) is 21.5 Å². The molecule has 2 aromatic rings. The van der Waals surface area contributed by atoms with Crippen molar-refractivity contribution in [2.45, 2.75) is 19.0 Å². The van der Waals surface area contributed by atoms with Gasteiger partial charge in [-0.3, -0.25) is 14.7 Å². The van der Waals surface area contributed by atoms with Crippen LogP contribution in [0.3, 0.4) is 0 Å². The molecule has 2 aliphatic rings. The Hall–Kier alpha value is -0.760. The number of anilines is 2. The van der Waals surface area contributed by atoms with Crippen LogP contribution in [-0.2, 0) is 6.42 Å². The van der Waals surface area contributed by atoms with Gasteiger partial charge in [0, 0.05) is 12.7 Å². The van der Waals surface area contributed by atoms with E-state index in [1.54, 1.807) is 6.20 Å². The Morgan fingerprint density at radius 1 is 1.41 bits per heavy atom. The Morgan fingerprint density at radius 3 is 3.18 bits per heavy atom. The Morgan fingerprint density at radius 2 is 2.32 bits per heavy atom. The maximum absolute atomic E-state index is 6.01. The van der Waals surface area contributed by atoms with Gasteiger partial charge in [0.05, 0.1) is 24.0 Å². The van der Waals surface area contributed by atoms with E-state index in [4.69, 9.17) is 11.6 Å². The number of halogens is 2. The van der Waals surface area contributed by atoms with Crippen molar-refractivity contribution in [2.75, 3.05) is 16.2 Å². The second-order valence-corrected chi connectivity index (χ2v) is 7.57. The number of hydrogen-bond acceptors (Lipinski definition) is 6. The first-order valence-corrected chi connectivity index (χ1v) is 11.4. The fourth-order valence-corrected chi connectivity index (χ4v) is 4.59. The lowest BCUT2D eigenvalue weighted by molar-refractivity contribution is 0.519. The van der Waals surface area contributed by atoms with Crippen LogP contribution < -0.4 is 15.1 Å². The first-order valence-electron chi connectivity index (χ1n) is 6.93. The standard InChI is InChI=1S/C13H13ClIN6P/c14-10-7-17-11-12(18-10)21(22-15)19-13(11)20-6-2-3-8-9(20)4-1-5-16-8/h1,4-5,7,13,19,22H,2-3,6H2. The van der Waals surface area contributed by atoms with Gasteiger partial charge in [0.2, 0.25) is 0 Å². The van der Waals surface area contributed by atoms with Crippen molar-refractivity contribution in [2.24, 2.45) is 0 Å². The van der Waals surface area contributed by atoms with Crippen LogP contribution in [0.15, 0.2) is 24.5 Å². The number of fused-ring (bicyclic) bond motifs is 2. The van der Waals surface area contributed by atoms with Crippen LogP contribution in [0.4, 0.5) is 11.5 Å². The average molecular weight is 447 g/mol. The van der Waals surface area contributed by atoms with Crippen molar-refractivity contribution in [1.29, 1.82) is 0 Å². The predicted octanol–water partition coefficient (Wildman–Crippen LogP) is 3.24. The minimum atomic E-state index is -0.0229. The molecule has 0 aliphatic carbocycles. The van der Waals surface area contributed by atoms with Crippen LogP contribution in [0.1, 0.15) is 24.0 Å². The van der Waals surface area contributed by atoms with Crippen molar-refractivity contribution >= 4 is 51.5 Å². The molecule has 1 N–H and O–H groups in total. The zero-order valence-corrected chi connectivity index (χ0v) is 15.4. The van der Waals surface area contributed by atoms with Gasteiger partial charge in [0.1, 0.15) is 17.0 Å². The van der Waals surface area contributed by atoms with E-state index in [1.165, 1.54) is 5.69 Å². The lowest BCUT2D eigenvalue weighted by Gasteiger charge is -2.35. The Labute approximate surface area is 148 Å². The molecule has 2 aliphatic heterocycles. The summed E-state index contributed by atoms with van der Waals surface area (Å²) >= 11 is 8.34. The van der Waals surface area contributed by atoms with E-state index < -0.39 is 0 Å². The first-order chi connectivity index (χ1) is 10.8. The van der Waals surface area contributed by atoms with Crippen LogP contribution in [0.25, 0.3) is 0 Å². The minimum absolute atomic E-state index is 0.0229. The lowest BCUT2D eigenvalue weighted by Crippen LogP contribution is -2.42. The van der Waals surface area contributed by atoms with Gasteiger partial charge in [0.25, 0.3) is 0 Å². The van der Waals surface area contributed by atoms with E-state index in [1.807, 2.05) is 17.0 Å². The highest BCUT2D eigenvalue weighted by molar-refractivity contribution is 14.2. The number of hydrazine groups is 1. The Bertz CT molecular complexity index is 717. The van der Waals surface area contributed by atoms with Gasteiger partial charge in [-0.1, -0.05) is 11.6 Å². The van der Waals surface area contributed by atoms with E-state index in [0.29, 0.717) is 11.5 Å². The third-order valence-corrected chi connectivity index (χ3v) is 6.00. The van der Waals surface area contributed by atoms with E-state index >= 15 is 0 Å². The Kier molecular flexibility index (Phi) is 4.06. The van der Waals surface area contributed by atoms with Crippen molar-refractivity contribution in [3.63, 3.8) is 0 Å². The van der Waals surface area contributed by atoms with Crippen LogP contribution in [0.5, 0.6) is 0 Å². The molecule has 6 nitrogen and oxygen atoms in total. The highest BCUT2D eigenvalue weighted by Gasteiger charge is 2.37. The molecular formula is C13H13ClIN6P. The number of rotatable bonds is 2. The minimum Gasteiger partial charge on any atom is -0.348 e. The van der Waals surface area contributed by atoms with Gasteiger partial charge in [-0.05, 0) is 47.0 Å². The van der Waals surface area contributed by atoms with E-state index in [0.717, 1.165) is 36.6 Å². The van der Waals surface area contributed by atoms with Gasteiger partial charge < -0.3 is 4.90 Å². The maximum Gasteiger partial charge on any atom is 0.173 e. The average Bonchev–Trinajstić information content (AvgIpc) is 2.92. The highest BCUT2D eigenvalue weighted by atomic mass is 127. The molecule has 0 saturated carbocycles. The number of nitrogens with one attached hydrogen (secondary N) is 1. The number of aromatic nitrogens is 3. The molecule has 0 radical (unpaired) electrons. The molecule has 2 unspecified atom stereocenters. The molecule has 22 heavy (non-hydrogen) atoms. The third kappa shape index (κ3) is 2.44. The van der Waals surface area contributed by atoms with Gasteiger partial charge in [0.15, 0.2) is 5.82 Å². The topological polar surface area (TPSA) is 57.2 Å². The largest absolute Gasteiger partial charge is 0.348 e. The number of nitrogens with zero attached hydrogens (tertiary/aromatic N) is 5. The van der Waals surface area contributed by atoms with E-state index in [-0.39, 0.29) is 6.17 Å². The highest BCUT2D eigenvalue weighted by Crippen LogP contribution is 2.43. The van der Waals surface area contributed by atoms with Crippen LogP contribution >= 0.6 is 40.0 Å². The summed E-state index contributed by atoms with van der Waals surface area (Å²) < 4.78 is 2.02. The van der Waals surface area contributed by atoms with Crippen LogP contribution in [0.2, 0.25) is 5.15 Å². The number of pyridine rings is 1. The van der Waals surface area contributed by atoms with Gasteiger partial charge in [-0.2, -0.15) is 0 Å². The predicted molar refractivity (Wildman–Crippen MR) is 97.6 cm³/mol. The maximum atomic E-state index is 6.01. The smallest absolute Gasteiger partial charge is 0.173 e. The molecule has 0 saturated heterocycles. The quantitative estimate of drug-likeness (QED) is 0.565. The van der Waals surface area contributed by atoms with Crippen molar-refractivity contribution < 1.29 is 0 Å². The van der Waals surface area contributed by atoms with E-state index in [2.05, 4.69) is 53.4 Å². The molecule has 4 rings (SSSR count).